The lowest BCUT2D eigenvalue weighted by atomic mass is 10.0. The van der Waals surface area contributed by atoms with E-state index >= 15 is 0 Å². The van der Waals surface area contributed by atoms with Crippen molar-refractivity contribution in [3.05, 3.63) is 47.5 Å². The first-order valence-corrected chi connectivity index (χ1v) is 7.84. The van der Waals surface area contributed by atoms with E-state index in [9.17, 15) is 13.6 Å². The Morgan fingerprint density at radius 3 is 2.78 bits per heavy atom. The van der Waals surface area contributed by atoms with Crippen LogP contribution in [0.5, 0.6) is 0 Å². The topological polar surface area (TPSA) is 61.4 Å². The van der Waals surface area contributed by atoms with Gasteiger partial charge >= 0.3 is 6.03 Å². The number of amides is 2. The summed E-state index contributed by atoms with van der Waals surface area (Å²) in [5.41, 5.74) is 0.276. The Hall–Kier alpha value is -1.95. The molecule has 0 saturated heterocycles. The molecule has 2 rings (SSSR count). The molecule has 126 valence electrons. The fourth-order valence-electron chi connectivity index (χ4n) is 2.76. The molecule has 0 fully saturated rings. The molecule has 1 aliphatic rings. The minimum atomic E-state index is -0.662. The Labute approximate surface area is 134 Å². The number of hydrogen-bond acceptors (Lipinski definition) is 2. The maximum atomic E-state index is 13.9. The molecule has 0 radical (unpaired) electrons. The molecule has 4 nitrogen and oxygen atoms in total. The Balaban J connectivity index is 1.99. The summed E-state index contributed by atoms with van der Waals surface area (Å²) in [6, 6.07) is 2.31. The standard InChI is InChI=1S/C17H22F2N2O2/c1-2-3-16(14-7-5-12(18)9-15(14)19)21-17(23)20-13-6-4-11(8-13)10-22/h4-7,9,11,13,16,22H,2-3,8,10H2,1H3,(H2,20,21,23)/t11-,13+,16+/m0/s1. The molecule has 6 heteroatoms. The molecule has 0 unspecified atom stereocenters. The van der Waals surface area contributed by atoms with Crippen molar-refractivity contribution in [3.63, 3.8) is 0 Å². The molecule has 0 spiro atoms. The molecule has 1 aromatic rings. The van der Waals surface area contributed by atoms with Crippen molar-refractivity contribution >= 4 is 6.03 Å². The van der Waals surface area contributed by atoms with Crippen LogP contribution in [0.3, 0.4) is 0 Å². The first kappa shape index (κ1) is 17.4. The summed E-state index contributed by atoms with van der Waals surface area (Å²) in [4.78, 5) is 12.1. The van der Waals surface area contributed by atoms with Crippen LogP contribution in [-0.2, 0) is 0 Å². The predicted octanol–water partition coefficient (Wildman–Crippen LogP) is 3.04. The molecule has 0 aliphatic heterocycles. The molecule has 3 N–H and O–H groups in total. The molecular weight excluding hydrogens is 302 g/mol. The van der Waals surface area contributed by atoms with Crippen LogP contribution in [0.4, 0.5) is 13.6 Å². The summed E-state index contributed by atoms with van der Waals surface area (Å²) in [7, 11) is 0. The molecule has 0 heterocycles. The van der Waals surface area contributed by atoms with Crippen molar-refractivity contribution in [1.29, 1.82) is 0 Å². The molecule has 1 aliphatic carbocycles. The zero-order valence-corrected chi connectivity index (χ0v) is 13.1. The van der Waals surface area contributed by atoms with Crippen molar-refractivity contribution in [3.8, 4) is 0 Å². The highest BCUT2D eigenvalue weighted by molar-refractivity contribution is 5.75. The molecular formula is C17H22F2N2O2. The van der Waals surface area contributed by atoms with Gasteiger partial charge in [0, 0.05) is 30.2 Å². The first-order chi connectivity index (χ1) is 11.0. The van der Waals surface area contributed by atoms with Gasteiger partial charge in [-0.2, -0.15) is 0 Å². The van der Waals surface area contributed by atoms with E-state index in [-0.39, 0.29) is 24.1 Å². The molecule has 23 heavy (non-hydrogen) atoms. The maximum Gasteiger partial charge on any atom is 0.315 e. The van der Waals surface area contributed by atoms with Crippen LogP contribution in [-0.4, -0.2) is 23.8 Å². The normalized spacial score (nSPS) is 21.2. The third-order valence-corrected chi connectivity index (χ3v) is 3.94. The van der Waals surface area contributed by atoms with Crippen molar-refractivity contribution < 1.29 is 18.7 Å². The molecule has 0 saturated carbocycles. The first-order valence-electron chi connectivity index (χ1n) is 7.84. The van der Waals surface area contributed by atoms with Gasteiger partial charge in [0.15, 0.2) is 0 Å². The zero-order valence-electron chi connectivity index (χ0n) is 13.1. The van der Waals surface area contributed by atoms with Gasteiger partial charge in [0.1, 0.15) is 11.6 Å². The van der Waals surface area contributed by atoms with Gasteiger partial charge in [0.25, 0.3) is 0 Å². The molecule has 0 aromatic heterocycles. The third-order valence-electron chi connectivity index (χ3n) is 3.94. The number of aliphatic hydroxyl groups is 1. The highest BCUT2D eigenvalue weighted by atomic mass is 19.1. The number of halogens is 2. The second-order valence-electron chi connectivity index (χ2n) is 5.79. The van der Waals surface area contributed by atoms with Crippen molar-refractivity contribution in [2.24, 2.45) is 5.92 Å². The van der Waals surface area contributed by atoms with Crippen LogP contribution < -0.4 is 10.6 Å². The van der Waals surface area contributed by atoms with Gasteiger partial charge in [-0.05, 0) is 18.9 Å². The van der Waals surface area contributed by atoms with E-state index < -0.39 is 23.7 Å². The number of hydrogen-bond donors (Lipinski definition) is 3. The molecule has 1 aromatic carbocycles. The van der Waals surface area contributed by atoms with E-state index in [1.54, 1.807) is 0 Å². The second kappa shape index (κ2) is 8.06. The van der Waals surface area contributed by atoms with Gasteiger partial charge < -0.3 is 15.7 Å². The molecule has 3 atom stereocenters. The van der Waals surface area contributed by atoms with Gasteiger partial charge in [0.05, 0.1) is 6.04 Å². The van der Waals surface area contributed by atoms with E-state index in [1.165, 1.54) is 12.1 Å². The summed E-state index contributed by atoms with van der Waals surface area (Å²) in [5, 5.41) is 14.6. The van der Waals surface area contributed by atoms with Crippen LogP contribution in [0.15, 0.2) is 30.4 Å². The average molecular weight is 324 g/mol. The smallest absolute Gasteiger partial charge is 0.315 e. The number of carbonyl (C=O) groups excluding carboxylic acids is 1. The monoisotopic (exact) mass is 324 g/mol. The van der Waals surface area contributed by atoms with Crippen LogP contribution in [0, 0.1) is 17.6 Å². The minimum Gasteiger partial charge on any atom is -0.396 e. The largest absolute Gasteiger partial charge is 0.396 e. The van der Waals surface area contributed by atoms with Gasteiger partial charge in [0.2, 0.25) is 0 Å². The molecule has 0 bridgehead atoms. The lowest BCUT2D eigenvalue weighted by molar-refractivity contribution is 0.227. The maximum absolute atomic E-state index is 13.9. The quantitative estimate of drug-likeness (QED) is 0.704. The fourth-order valence-corrected chi connectivity index (χ4v) is 2.76. The van der Waals surface area contributed by atoms with Crippen molar-refractivity contribution in [2.75, 3.05) is 6.61 Å². The highest BCUT2D eigenvalue weighted by Gasteiger charge is 2.22. The lowest BCUT2D eigenvalue weighted by Gasteiger charge is -2.21. The zero-order chi connectivity index (χ0) is 16.8. The van der Waals surface area contributed by atoms with Gasteiger partial charge in [-0.3, -0.25) is 0 Å². The number of urea groups is 1. The van der Waals surface area contributed by atoms with E-state index in [0.717, 1.165) is 12.5 Å². The van der Waals surface area contributed by atoms with Crippen LogP contribution >= 0.6 is 0 Å². The number of carbonyl (C=O) groups is 1. The highest BCUT2D eigenvalue weighted by Crippen LogP contribution is 2.23. The van der Waals surface area contributed by atoms with E-state index in [0.29, 0.717) is 12.8 Å². The lowest BCUT2D eigenvalue weighted by Crippen LogP contribution is -2.42. The van der Waals surface area contributed by atoms with Crippen LogP contribution in [0.2, 0.25) is 0 Å². The summed E-state index contributed by atoms with van der Waals surface area (Å²) in [6.45, 7) is 1.98. The number of rotatable bonds is 6. The third kappa shape index (κ3) is 4.76. The molecule has 2 amide bonds. The summed E-state index contributed by atoms with van der Waals surface area (Å²) < 4.78 is 27.0. The number of aliphatic hydroxyl groups excluding tert-OH is 1. The Bertz CT molecular complexity index is 578. The summed E-state index contributed by atoms with van der Waals surface area (Å²) in [6.07, 6.45) is 5.66. The summed E-state index contributed by atoms with van der Waals surface area (Å²) >= 11 is 0. The Kier molecular flexibility index (Phi) is 6.10. The van der Waals surface area contributed by atoms with Crippen molar-refractivity contribution in [2.45, 2.75) is 38.3 Å². The van der Waals surface area contributed by atoms with Gasteiger partial charge in [-0.25, -0.2) is 13.6 Å². The van der Waals surface area contributed by atoms with Gasteiger partial charge in [-0.15, -0.1) is 0 Å². The minimum absolute atomic E-state index is 0.0511. The Morgan fingerprint density at radius 2 is 2.17 bits per heavy atom. The van der Waals surface area contributed by atoms with Gasteiger partial charge in [-0.1, -0.05) is 31.6 Å². The number of nitrogens with one attached hydrogen (secondary N) is 2. The average Bonchev–Trinajstić information content (AvgIpc) is 2.94. The second-order valence-corrected chi connectivity index (χ2v) is 5.79. The fraction of sp³-hybridized carbons (Fsp3) is 0.471. The van der Waals surface area contributed by atoms with Crippen molar-refractivity contribution in [1.82, 2.24) is 10.6 Å². The predicted molar refractivity (Wildman–Crippen MR) is 83.8 cm³/mol. The summed E-state index contributed by atoms with van der Waals surface area (Å²) in [5.74, 6) is -1.25. The number of benzene rings is 1. The SMILES string of the molecule is CCC[C@@H](NC(=O)N[C@@H]1C=C[C@H](CO)C1)c1ccc(F)cc1F. The van der Waals surface area contributed by atoms with E-state index in [4.69, 9.17) is 5.11 Å². The van der Waals surface area contributed by atoms with Crippen LogP contribution in [0.1, 0.15) is 37.8 Å². The van der Waals surface area contributed by atoms with Crippen LogP contribution in [0.25, 0.3) is 0 Å². The Morgan fingerprint density at radius 1 is 1.39 bits per heavy atom. The van der Waals surface area contributed by atoms with E-state index in [2.05, 4.69) is 10.6 Å². The van der Waals surface area contributed by atoms with E-state index in [1.807, 2.05) is 19.1 Å².